The van der Waals surface area contributed by atoms with E-state index in [0.29, 0.717) is 78.2 Å². The maximum absolute atomic E-state index is 12.5. The predicted octanol–water partition coefficient (Wildman–Crippen LogP) is -2.42. The Morgan fingerprint density at radius 1 is 0.632 bits per heavy atom. The molecule has 0 spiro atoms. The lowest BCUT2D eigenvalue weighted by molar-refractivity contribution is -0.140. The highest BCUT2D eigenvalue weighted by Gasteiger charge is 2.21. The third-order valence-corrected chi connectivity index (χ3v) is 5.95. The number of hydrogen-bond acceptors (Lipinski definition) is 10. The van der Waals surface area contributed by atoms with Crippen molar-refractivity contribution in [1.29, 1.82) is 0 Å². The summed E-state index contributed by atoms with van der Waals surface area (Å²) in [5, 5.41) is 39.3. The second-order valence-electron chi connectivity index (χ2n) is 9.08. The molecule has 15 nitrogen and oxygen atoms in total. The summed E-state index contributed by atoms with van der Waals surface area (Å²) in [6, 6.07) is -0.934. The topological polar surface area (TPSA) is 217 Å². The molecule has 0 aromatic heterocycles. The molecular formula is C22H41ClN6O9. The fourth-order valence-electron chi connectivity index (χ4n) is 3.88. The van der Waals surface area contributed by atoms with Gasteiger partial charge < -0.3 is 31.5 Å². The average molecular weight is 569 g/mol. The van der Waals surface area contributed by atoms with Gasteiger partial charge in [0.25, 0.3) is 0 Å². The van der Waals surface area contributed by atoms with Gasteiger partial charge in [0.15, 0.2) is 0 Å². The van der Waals surface area contributed by atoms with Crippen LogP contribution >= 0.6 is 12.4 Å². The average Bonchev–Trinajstić information content (AvgIpc) is 2.79. The van der Waals surface area contributed by atoms with E-state index in [1.807, 2.05) is 4.90 Å². The molecule has 0 aliphatic carbocycles. The van der Waals surface area contributed by atoms with Crippen LogP contribution in [0.25, 0.3) is 0 Å². The molecule has 1 atom stereocenters. The lowest BCUT2D eigenvalue weighted by Crippen LogP contribution is -2.49. The molecule has 0 aromatic carbocycles. The van der Waals surface area contributed by atoms with E-state index in [2.05, 4.69) is 5.32 Å². The summed E-state index contributed by atoms with van der Waals surface area (Å²) in [6.07, 6.45) is 1.42. The van der Waals surface area contributed by atoms with E-state index in [4.69, 9.17) is 10.8 Å². The third-order valence-electron chi connectivity index (χ3n) is 5.95. The molecule has 0 aromatic rings. The minimum absolute atomic E-state index is 0. The summed E-state index contributed by atoms with van der Waals surface area (Å²) >= 11 is 0. The van der Waals surface area contributed by atoms with E-state index in [1.54, 1.807) is 14.7 Å². The van der Waals surface area contributed by atoms with Crippen molar-refractivity contribution in [2.75, 3.05) is 85.1 Å². The number of halogens is 1. The van der Waals surface area contributed by atoms with Crippen LogP contribution in [0.5, 0.6) is 0 Å². The second-order valence-corrected chi connectivity index (χ2v) is 9.08. The number of nitrogens with two attached hydrogens (primary N) is 1. The Morgan fingerprint density at radius 3 is 1.29 bits per heavy atom. The molecule has 0 bridgehead atoms. The second kappa shape index (κ2) is 19.5. The van der Waals surface area contributed by atoms with Crippen LogP contribution in [0, 0.1) is 0 Å². The Balaban J connectivity index is 0.0000137. The molecule has 1 saturated heterocycles. The SMILES string of the molecule is Cl.N[C@@H](CCCCNC(=O)CN1CCN(CC(=O)O)CCN(CC(=O)O)CCN(CC(=O)O)CC1)C(=O)O. The van der Waals surface area contributed by atoms with Crippen molar-refractivity contribution in [1.82, 2.24) is 24.9 Å². The number of carbonyl (C=O) groups is 5. The van der Waals surface area contributed by atoms with E-state index in [9.17, 15) is 39.3 Å². The van der Waals surface area contributed by atoms with Crippen molar-refractivity contribution in [2.45, 2.75) is 25.3 Å². The molecular weight excluding hydrogens is 528 g/mol. The van der Waals surface area contributed by atoms with Crippen LogP contribution in [-0.4, -0.2) is 161 Å². The lowest BCUT2D eigenvalue weighted by Gasteiger charge is -2.32. The quantitative estimate of drug-likeness (QED) is 0.120. The van der Waals surface area contributed by atoms with E-state index in [0.717, 1.165) is 0 Å². The molecule has 0 unspecified atom stereocenters. The first-order valence-electron chi connectivity index (χ1n) is 12.3. The van der Waals surface area contributed by atoms with E-state index in [-0.39, 0.29) is 44.5 Å². The molecule has 1 aliphatic rings. The number of rotatable bonds is 14. The van der Waals surface area contributed by atoms with E-state index < -0.39 is 29.9 Å². The van der Waals surface area contributed by atoms with Gasteiger partial charge in [0.1, 0.15) is 6.04 Å². The van der Waals surface area contributed by atoms with Gasteiger partial charge in [0, 0.05) is 58.9 Å². The van der Waals surface area contributed by atoms with Gasteiger partial charge >= 0.3 is 23.9 Å². The summed E-state index contributed by atoms with van der Waals surface area (Å²) in [5.74, 6) is -4.38. The number of carboxylic acids is 4. The normalized spacial score (nSPS) is 17.8. The van der Waals surface area contributed by atoms with Crippen LogP contribution in [-0.2, 0) is 24.0 Å². The van der Waals surface area contributed by atoms with Gasteiger partial charge in [0.2, 0.25) is 5.91 Å². The standard InChI is InChI=1S/C22H40N6O9.ClH/c23-17(22(36)37)3-1-2-4-24-18(29)13-25-5-7-26(14-19(30)31)9-11-28(16-21(34)35)12-10-27(8-6-25)15-20(32)33;/h17H,1-16,23H2,(H,24,29)(H,30,31)(H,32,33)(H,34,35)(H,36,37);1H/t17-;/m0./s1. The smallest absolute Gasteiger partial charge is 0.320 e. The van der Waals surface area contributed by atoms with Gasteiger partial charge in [-0.05, 0) is 19.3 Å². The van der Waals surface area contributed by atoms with Crippen LogP contribution in [0.4, 0.5) is 0 Å². The fourth-order valence-corrected chi connectivity index (χ4v) is 3.88. The third kappa shape index (κ3) is 17.0. The summed E-state index contributed by atoms with van der Waals surface area (Å²) in [6.45, 7) is 2.25. The zero-order valence-corrected chi connectivity index (χ0v) is 22.3. The number of nitrogens with one attached hydrogen (secondary N) is 1. The predicted molar refractivity (Wildman–Crippen MR) is 138 cm³/mol. The molecule has 1 amide bonds. The maximum atomic E-state index is 12.5. The van der Waals surface area contributed by atoms with Crippen LogP contribution in [0.2, 0.25) is 0 Å². The van der Waals surface area contributed by atoms with Gasteiger partial charge in [-0.15, -0.1) is 12.4 Å². The molecule has 38 heavy (non-hydrogen) atoms. The first kappa shape index (κ1) is 35.4. The summed E-state index contributed by atoms with van der Waals surface area (Å²) < 4.78 is 0. The van der Waals surface area contributed by atoms with Gasteiger partial charge in [-0.3, -0.25) is 43.6 Å². The van der Waals surface area contributed by atoms with Crippen molar-refractivity contribution in [3.05, 3.63) is 0 Å². The van der Waals surface area contributed by atoms with Crippen LogP contribution < -0.4 is 11.1 Å². The van der Waals surface area contributed by atoms with Crippen molar-refractivity contribution in [3.8, 4) is 0 Å². The Bertz CT molecular complexity index is 744. The highest BCUT2D eigenvalue weighted by molar-refractivity contribution is 5.85. The minimum atomic E-state index is -1.07. The molecule has 1 aliphatic heterocycles. The number of unbranched alkanes of at least 4 members (excludes halogenated alkanes) is 1. The van der Waals surface area contributed by atoms with Crippen LogP contribution in [0.3, 0.4) is 0 Å². The molecule has 0 saturated carbocycles. The van der Waals surface area contributed by atoms with Gasteiger partial charge in [-0.2, -0.15) is 0 Å². The number of hydrogen-bond donors (Lipinski definition) is 6. The summed E-state index contributed by atoms with van der Waals surface area (Å²) in [4.78, 5) is 64.0. The van der Waals surface area contributed by atoms with E-state index >= 15 is 0 Å². The van der Waals surface area contributed by atoms with Crippen molar-refractivity contribution >= 4 is 42.2 Å². The Hall–Kier alpha value is -2.56. The molecule has 1 heterocycles. The van der Waals surface area contributed by atoms with Crippen molar-refractivity contribution < 1.29 is 44.4 Å². The lowest BCUT2D eigenvalue weighted by atomic mass is 10.1. The first-order chi connectivity index (χ1) is 17.5. The van der Waals surface area contributed by atoms with Gasteiger partial charge in [-0.1, -0.05) is 0 Å². The van der Waals surface area contributed by atoms with Gasteiger partial charge in [-0.25, -0.2) is 0 Å². The maximum Gasteiger partial charge on any atom is 0.320 e. The monoisotopic (exact) mass is 568 g/mol. The Labute approximate surface area is 227 Å². The van der Waals surface area contributed by atoms with Gasteiger partial charge in [0.05, 0.1) is 26.2 Å². The largest absolute Gasteiger partial charge is 0.480 e. The Morgan fingerprint density at radius 2 is 0.974 bits per heavy atom. The number of nitrogens with zero attached hydrogens (tertiary/aromatic N) is 4. The molecule has 1 rings (SSSR count). The molecule has 1 fully saturated rings. The number of carbonyl (C=O) groups excluding carboxylic acids is 1. The molecule has 7 N–H and O–H groups in total. The number of amides is 1. The molecule has 16 heteroatoms. The number of carboxylic acid groups (broad SMARTS) is 4. The summed E-state index contributed by atoms with van der Waals surface area (Å²) in [7, 11) is 0. The van der Waals surface area contributed by atoms with E-state index in [1.165, 1.54) is 0 Å². The van der Waals surface area contributed by atoms with Crippen molar-refractivity contribution in [2.24, 2.45) is 5.73 Å². The fraction of sp³-hybridized carbons (Fsp3) is 0.773. The Kier molecular flexibility index (Phi) is 18.2. The van der Waals surface area contributed by atoms with Crippen molar-refractivity contribution in [3.63, 3.8) is 0 Å². The minimum Gasteiger partial charge on any atom is -0.480 e. The zero-order chi connectivity index (χ0) is 27.8. The van der Waals surface area contributed by atoms with Crippen LogP contribution in [0.15, 0.2) is 0 Å². The molecule has 0 radical (unpaired) electrons. The first-order valence-corrected chi connectivity index (χ1v) is 12.3. The highest BCUT2D eigenvalue weighted by atomic mass is 35.5. The zero-order valence-electron chi connectivity index (χ0n) is 21.5. The van der Waals surface area contributed by atoms with Crippen LogP contribution in [0.1, 0.15) is 19.3 Å². The molecule has 220 valence electrons. The number of aliphatic carboxylic acids is 4. The highest BCUT2D eigenvalue weighted by Crippen LogP contribution is 2.02. The summed E-state index contributed by atoms with van der Waals surface area (Å²) in [5.41, 5.74) is 5.46.